The molecular weight excluding hydrogens is 408 g/mol. The predicted octanol–water partition coefficient (Wildman–Crippen LogP) is 3.00. The highest BCUT2D eigenvalue weighted by atomic mass is 19.1. The van der Waals surface area contributed by atoms with Crippen LogP contribution in [-0.2, 0) is 20.2 Å². The van der Waals surface area contributed by atoms with Gasteiger partial charge >= 0.3 is 5.69 Å². The van der Waals surface area contributed by atoms with E-state index in [1.165, 1.54) is 17.1 Å². The van der Waals surface area contributed by atoms with E-state index in [0.717, 1.165) is 37.3 Å². The maximum absolute atomic E-state index is 14.4. The molecule has 2 aliphatic rings. The molecule has 10 heteroatoms. The SMILES string of the molecule is Cn1cc(Oc2c(F)cc(COc3cc4n(c(=O)n3)CC3(C)CCCN43)cc2F)cn1. The molecule has 162 valence electrons. The minimum atomic E-state index is -0.864. The van der Waals surface area contributed by atoms with Crippen LogP contribution in [0.3, 0.4) is 0 Å². The Morgan fingerprint density at radius 3 is 2.71 bits per heavy atom. The quantitative estimate of drug-likeness (QED) is 0.621. The van der Waals surface area contributed by atoms with Crippen molar-refractivity contribution in [3.05, 3.63) is 58.3 Å². The number of nitrogens with zero attached hydrogens (tertiary/aromatic N) is 5. The third-order valence-corrected chi connectivity index (χ3v) is 5.84. The maximum Gasteiger partial charge on any atom is 0.352 e. The summed E-state index contributed by atoms with van der Waals surface area (Å²) in [6.45, 7) is 3.46. The normalized spacial score (nSPS) is 19.4. The second-order valence-corrected chi connectivity index (χ2v) is 8.20. The molecule has 0 radical (unpaired) electrons. The lowest BCUT2D eigenvalue weighted by Gasteiger charge is -2.27. The van der Waals surface area contributed by atoms with Crippen LogP contribution in [0.1, 0.15) is 25.3 Å². The molecule has 0 spiro atoms. The van der Waals surface area contributed by atoms with Gasteiger partial charge in [-0.2, -0.15) is 10.1 Å². The van der Waals surface area contributed by atoms with Crippen molar-refractivity contribution in [1.29, 1.82) is 0 Å². The molecule has 3 aromatic rings. The summed E-state index contributed by atoms with van der Waals surface area (Å²) >= 11 is 0. The fourth-order valence-electron chi connectivity index (χ4n) is 4.36. The molecule has 0 aliphatic carbocycles. The van der Waals surface area contributed by atoms with E-state index in [1.807, 2.05) is 0 Å². The predicted molar refractivity (Wildman–Crippen MR) is 107 cm³/mol. The summed E-state index contributed by atoms with van der Waals surface area (Å²) in [6.07, 6.45) is 4.93. The van der Waals surface area contributed by atoms with E-state index in [-0.39, 0.29) is 35.0 Å². The first-order chi connectivity index (χ1) is 14.8. The molecule has 1 atom stereocenters. The number of benzene rings is 1. The minimum Gasteiger partial charge on any atom is -0.473 e. The number of aromatic nitrogens is 4. The summed E-state index contributed by atoms with van der Waals surface area (Å²) in [5.74, 6) is -1.12. The minimum absolute atomic E-state index is 0.0805. The van der Waals surface area contributed by atoms with Crippen molar-refractivity contribution in [2.24, 2.45) is 7.05 Å². The number of halogens is 2. The van der Waals surface area contributed by atoms with E-state index < -0.39 is 17.4 Å². The van der Waals surface area contributed by atoms with Crippen molar-refractivity contribution in [3.8, 4) is 17.4 Å². The van der Waals surface area contributed by atoms with Gasteiger partial charge in [0.15, 0.2) is 23.1 Å². The van der Waals surface area contributed by atoms with Crippen molar-refractivity contribution in [3.63, 3.8) is 0 Å². The molecule has 1 fully saturated rings. The van der Waals surface area contributed by atoms with Crippen LogP contribution in [0.5, 0.6) is 17.4 Å². The van der Waals surface area contributed by atoms with Gasteiger partial charge in [-0.3, -0.25) is 9.25 Å². The van der Waals surface area contributed by atoms with E-state index in [4.69, 9.17) is 9.47 Å². The number of rotatable bonds is 5. The standard InChI is InChI=1S/C21H21F2N5O3/c1-21-4-3-5-28(21)18-8-17(25-20(29)27(18)12-21)30-11-13-6-15(22)19(16(23)7-13)31-14-9-24-26(2)10-14/h6-10H,3-5,11-12H2,1-2H3. The highest BCUT2D eigenvalue weighted by molar-refractivity contribution is 5.50. The van der Waals surface area contributed by atoms with Crippen molar-refractivity contribution in [2.45, 2.75) is 38.5 Å². The number of hydrogen-bond acceptors (Lipinski definition) is 6. The Balaban J connectivity index is 1.34. The molecule has 1 saturated heterocycles. The number of aryl methyl sites for hydroxylation is 1. The first-order valence-corrected chi connectivity index (χ1v) is 9.99. The molecule has 0 saturated carbocycles. The Bertz CT molecular complexity index is 1200. The molecule has 4 heterocycles. The fourth-order valence-corrected chi connectivity index (χ4v) is 4.36. The fraction of sp³-hybridized carbons (Fsp3) is 0.381. The Labute approximate surface area is 176 Å². The van der Waals surface area contributed by atoms with Crippen LogP contribution in [0.4, 0.5) is 14.6 Å². The van der Waals surface area contributed by atoms with E-state index in [0.29, 0.717) is 6.54 Å². The van der Waals surface area contributed by atoms with Gasteiger partial charge in [0.05, 0.1) is 24.5 Å². The smallest absolute Gasteiger partial charge is 0.352 e. The van der Waals surface area contributed by atoms with Gasteiger partial charge in [0.25, 0.3) is 0 Å². The second kappa shape index (κ2) is 7.07. The van der Waals surface area contributed by atoms with Crippen LogP contribution in [0, 0.1) is 11.6 Å². The van der Waals surface area contributed by atoms with Crippen LogP contribution in [0.15, 0.2) is 35.4 Å². The molecule has 1 unspecified atom stereocenters. The van der Waals surface area contributed by atoms with Gasteiger partial charge in [0.1, 0.15) is 12.4 Å². The van der Waals surface area contributed by atoms with Crippen molar-refractivity contribution in [1.82, 2.24) is 19.3 Å². The summed E-state index contributed by atoms with van der Waals surface area (Å²) in [7, 11) is 1.67. The van der Waals surface area contributed by atoms with Gasteiger partial charge in [-0.25, -0.2) is 13.6 Å². The zero-order chi connectivity index (χ0) is 21.8. The average molecular weight is 429 g/mol. The molecule has 0 N–H and O–H groups in total. The van der Waals surface area contributed by atoms with E-state index >= 15 is 0 Å². The van der Waals surface area contributed by atoms with E-state index in [2.05, 4.69) is 21.9 Å². The summed E-state index contributed by atoms with van der Waals surface area (Å²) in [4.78, 5) is 18.6. The Kier molecular flexibility index (Phi) is 4.45. The molecule has 0 bridgehead atoms. The number of ether oxygens (including phenoxy) is 2. The summed E-state index contributed by atoms with van der Waals surface area (Å²) in [5.41, 5.74) is -0.217. The Morgan fingerprint density at radius 2 is 2.00 bits per heavy atom. The summed E-state index contributed by atoms with van der Waals surface area (Å²) in [5, 5.41) is 3.90. The lowest BCUT2D eigenvalue weighted by molar-refractivity contribution is 0.289. The zero-order valence-electron chi connectivity index (χ0n) is 17.1. The van der Waals surface area contributed by atoms with Gasteiger partial charge in [0, 0.05) is 19.7 Å². The molecular formula is C21H21F2N5O3. The Morgan fingerprint density at radius 1 is 1.23 bits per heavy atom. The first kappa shape index (κ1) is 19.5. The Hall–Kier alpha value is -3.43. The lowest BCUT2D eigenvalue weighted by atomic mass is 10.0. The van der Waals surface area contributed by atoms with Gasteiger partial charge in [-0.05, 0) is 37.5 Å². The summed E-state index contributed by atoms with van der Waals surface area (Å²) in [6, 6.07) is 3.98. The van der Waals surface area contributed by atoms with Crippen molar-refractivity contribution < 1.29 is 18.3 Å². The number of anilines is 1. The highest BCUT2D eigenvalue weighted by Gasteiger charge is 2.44. The van der Waals surface area contributed by atoms with Crippen LogP contribution in [-0.4, -0.2) is 31.4 Å². The lowest BCUT2D eigenvalue weighted by Crippen LogP contribution is -2.38. The van der Waals surface area contributed by atoms with E-state index in [1.54, 1.807) is 17.7 Å². The van der Waals surface area contributed by atoms with Gasteiger partial charge < -0.3 is 14.4 Å². The van der Waals surface area contributed by atoms with Gasteiger partial charge in [-0.1, -0.05) is 0 Å². The number of hydrogen-bond donors (Lipinski definition) is 0. The largest absolute Gasteiger partial charge is 0.473 e. The second-order valence-electron chi connectivity index (χ2n) is 8.20. The van der Waals surface area contributed by atoms with Crippen LogP contribution < -0.4 is 20.1 Å². The maximum atomic E-state index is 14.4. The van der Waals surface area contributed by atoms with Crippen LogP contribution >= 0.6 is 0 Å². The average Bonchev–Trinajstić information content (AvgIpc) is 3.36. The topological polar surface area (TPSA) is 74.4 Å². The molecule has 0 amide bonds. The zero-order valence-corrected chi connectivity index (χ0v) is 17.1. The molecule has 2 aromatic heterocycles. The van der Waals surface area contributed by atoms with E-state index in [9.17, 15) is 13.6 Å². The monoisotopic (exact) mass is 429 g/mol. The first-order valence-electron chi connectivity index (χ1n) is 9.99. The van der Waals surface area contributed by atoms with Crippen molar-refractivity contribution >= 4 is 5.82 Å². The highest BCUT2D eigenvalue weighted by Crippen LogP contribution is 2.40. The number of fused-ring (bicyclic) bond motifs is 3. The molecule has 1 aromatic carbocycles. The van der Waals surface area contributed by atoms with Crippen LogP contribution in [0.25, 0.3) is 0 Å². The van der Waals surface area contributed by atoms with Gasteiger partial charge in [-0.15, -0.1) is 0 Å². The molecule has 5 rings (SSSR count). The molecule has 2 aliphatic heterocycles. The summed E-state index contributed by atoms with van der Waals surface area (Å²) < 4.78 is 42.9. The van der Waals surface area contributed by atoms with Crippen LogP contribution in [0.2, 0.25) is 0 Å². The molecule has 31 heavy (non-hydrogen) atoms. The third-order valence-electron chi connectivity index (χ3n) is 5.84. The van der Waals surface area contributed by atoms with Crippen molar-refractivity contribution in [2.75, 3.05) is 11.4 Å². The third kappa shape index (κ3) is 3.41. The molecule has 8 nitrogen and oxygen atoms in total. The van der Waals surface area contributed by atoms with Gasteiger partial charge in [0.2, 0.25) is 5.88 Å².